The first-order valence-electron chi connectivity index (χ1n) is 8.67. The fourth-order valence-corrected chi connectivity index (χ4v) is 3.37. The highest BCUT2D eigenvalue weighted by Gasteiger charge is 2.44. The van der Waals surface area contributed by atoms with Crippen LogP contribution in [0.2, 0.25) is 0 Å². The van der Waals surface area contributed by atoms with Crippen LogP contribution in [0.1, 0.15) is 31.4 Å². The fourth-order valence-electron chi connectivity index (χ4n) is 3.37. The van der Waals surface area contributed by atoms with Gasteiger partial charge in [0.2, 0.25) is 0 Å². The number of hydrogen-bond acceptors (Lipinski definition) is 2. The van der Waals surface area contributed by atoms with Gasteiger partial charge in [0.1, 0.15) is 0 Å². The summed E-state index contributed by atoms with van der Waals surface area (Å²) < 4.78 is 6.03. The van der Waals surface area contributed by atoms with Crippen LogP contribution >= 0.6 is 0 Å². The highest BCUT2D eigenvalue weighted by Crippen LogP contribution is 2.43. The summed E-state index contributed by atoms with van der Waals surface area (Å²) in [6, 6.07) is 20.7. The summed E-state index contributed by atoms with van der Waals surface area (Å²) in [4.78, 5) is 4.60. The lowest BCUT2D eigenvalue weighted by Gasteiger charge is -2.45. The van der Waals surface area contributed by atoms with Crippen LogP contribution in [0.4, 0.5) is 0 Å². The van der Waals surface area contributed by atoms with E-state index in [9.17, 15) is 0 Å². The summed E-state index contributed by atoms with van der Waals surface area (Å²) in [5.41, 5.74) is 2.82. The maximum Gasteiger partial charge on any atom is 0.0988 e. The Morgan fingerprint density at radius 2 is 1.64 bits per heavy atom. The first kappa shape index (κ1) is 17.4. The number of hydrogen-bond donors (Lipinski definition) is 0. The average Bonchev–Trinajstić information content (AvgIpc) is 2.68. The molecule has 2 aromatic rings. The third-order valence-electron chi connectivity index (χ3n) is 5.22. The molecular weight excluding hydrogens is 306 g/mol. The van der Waals surface area contributed by atoms with Crippen molar-refractivity contribution in [2.45, 2.75) is 31.3 Å². The van der Waals surface area contributed by atoms with Gasteiger partial charge in [-0.1, -0.05) is 80.6 Å². The van der Waals surface area contributed by atoms with Crippen molar-refractivity contribution in [3.05, 3.63) is 95.7 Å². The molecule has 0 bridgehead atoms. The Kier molecular flexibility index (Phi) is 5.00. The second-order valence-corrected chi connectivity index (χ2v) is 6.92. The van der Waals surface area contributed by atoms with E-state index in [1.54, 1.807) is 7.11 Å². The lowest BCUT2D eigenvalue weighted by Crippen LogP contribution is -2.48. The number of aliphatic imine (C=N–C) groups is 1. The van der Waals surface area contributed by atoms with Crippen molar-refractivity contribution in [2.24, 2.45) is 4.99 Å². The van der Waals surface area contributed by atoms with Crippen LogP contribution in [0.25, 0.3) is 0 Å². The Labute approximate surface area is 150 Å². The summed E-state index contributed by atoms with van der Waals surface area (Å²) in [5, 5.41) is 0. The molecule has 25 heavy (non-hydrogen) atoms. The molecular formula is C23H25NO. The van der Waals surface area contributed by atoms with E-state index in [-0.39, 0.29) is 11.0 Å². The molecule has 1 aliphatic carbocycles. The Hall–Kier alpha value is -2.45. The second kappa shape index (κ2) is 7.20. The van der Waals surface area contributed by atoms with Crippen LogP contribution in [-0.4, -0.2) is 18.9 Å². The van der Waals surface area contributed by atoms with Crippen molar-refractivity contribution in [1.29, 1.82) is 0 Å². The summed E-state index contributed by atoms with van der Waals surface area (Å²) in [6.07, 6.45) is 9.09. The largest absolute Gasteiger partial charge is 0.373 e. The SMILES string of the molecule is COC1(C(C)(C)c2ccccc2)C=CC(N=Cc2ccccc2)=CC1. The number of rotatable bonds is 5. The summed E-state index contributed by atoms with van der Waals surface area (Å²) in [7, 11) is 1.79. The van der Waals surface area contributed by atoms with Gasteiger partial charge in [-0.3, -0.25) is 4.99 Å². The van der Waals surface area contributed by atoms with Gasteiger partial charge in [0.15, 0.2) is 0 Å². The smallest absolute Gasteiger partial charge is 0.0988 e. The first-order valence-corrected chi connectivity index (χ1v) is 8.67. The van der Waals surface area contributed by atoms with Gasteiger partial charge in [-0.15, -0.1) is 0 Å². The molecule has 2 nitrogen and oxygen atoms in total. The van der Waals surface area contributed by atoms with Crippen LogP contribution in [0.3, 0.4) is 0 Å². The molecule has 0 fully saturated rings. The fraction of sp³-hybridized carbons (Fsp3) is 0.261. The molecule has 0 saturated heterocycles. The van der Waals surface area contributed by atoms with E-state index in [0.717, 1.165) is 17.7 Å². The molecule has 1 unspecified atom stereocenters. The van der Waals surface area contributed by atoms with Crippen molar-refractivity contribution < 1.29 is 4.74 Å². The molecule has 0 N–H and O–H groups in total. The predicted molar refractivity (Wildman–Crippen MR) is 105 cm³/mol. The molecule has 128 valence electrons. The molecule has 0 amide bonds. The number of allylic oxidation sites excluding steroid dienone is 1. The Morgan fingerprint density at radius 3 is 2.20 bits per heavy atom. The van der Waals surface area contributed by atoms with Crippen molar-refractivity contribution >= 4 is 6.21 Å². The lowest BCUT2D eigenvalue weighted by atomic mass is 9.67. The monoisotopic (exact) mass is 331 g/mol. The van der Waals surface area contributed by atoms with E-state index < -0.39 is 0 Å². The molecule has 2 heteroatoms. The molecule has 2 aromatic carbocycles. The van der Waals surface area contributed by atoms with Gasteiger partial charge in [0, 0.05) is 25.2 Å². The molecule has 1 atom stereocenters. The molecule has 0 heterocycles. The van der Waals surface area contributed by atoms with Gasteiger partial charge in [0.25, 0.3) is 0 Å². The molecule has 0 aliphatic heterocycles. The number of benzene rings is 2. The molecule has 0 spiro atoms. The van der Waals surface area contributed by atoms with E-state index >= 15 is 0 Å². The third kappa shape index (κ3) is 3.49. The van der Waals surface area contributed by atoms with E-state index in [2.05, 4.69) is 73.5 Å². The van der Waals surface area contributed by atoms with Gasteiger partial charge in [-0.2, -0.15) is 0 Å². The minimum Gasteiger partial charge on any atom is -0.373 e. The van der Waals surface area contributed by atoms with Crippen molar-refractivity contribution in [3.63, 3.8) is 0 Å². The normalized spacial score (nSPS) is 20.7. The zero-order valence-electron chi connectivity index (χ0n) is 15.1. The highest BCUT2D eigenvalue weighted by molar-refractivity contribution is 5.80. The molecule has 3 rings (SSSR count). The van der Waals surface area contributed by atoms with Crippen molar-refractivity contribution in [3.8, 4) is 0 Å². The quantitative estimate of drug-likeness (QED) is 0.680. The van der Waals surface area contributed by atoms with Crippen LogP contribution in [0, 0.1) is 0 Å². The van der Waals surface area contributed by atoms with E-state index in [0.29, 0.717) is 0 Å². The number of methoxy groups -OCH3 is 1. The Morgan fingerprint density at radius 1 is 1.00 bits per heavy atom. The van der Waals surface area contributed by atoms with Gasteiger partial charge in [0.05, 0.1) is 11.3 Å². The van der Waals surface area contributed by atoms with E-state index in [1.165, 1.54) is 5.56 Å². The summed E-state index contributed by atoms with van der Waals surface area (Å²) in [5.74, 6) is 0. The zero-order chi connectivity index (χ0) is 17.8. The highest BCUT2D eigenvalue weighted by atomic mass is 16.5. The standard InChI is InChI=1S/C23H25NO/c1-22(2,20-12-8-5-9-13-20)23(25-3)16-14-21(15-17-23)24-18-19-10-6-4-7-11-19/h4-16,18H,17H2,1-3H3. The lowest BCUT2D eigenvalue weighted by molar-refractivity contribution is -0.0232. The van der Waals surface area contributed by atoms with Gasteiger partial charge >= 0.3 is 0 Å². The van der Waals surface area contributed by atoms with Crippen LogP contribution in [-0.2, 0) is 10.2 Å². The van der Waals surface area contributed by atoms with E-state index in [1.807, 2.05) is 30.5 Å². The van der Waals surface area contributed by atoms with Crippen LogP contribution in [0.15, 0.2) is 89.6 Å². The van der Waals surface area contributed by atoms with Crippen LogP contribution < -0.4 is 0 Å². The Balaban J connectivity index is 1.81. The third-order valence-corrected chi connectivity index (χ3v) is 5.22. The molecule has 1 aliphatic rings. The van der Waals surface area contributed by atoms with Crippen LogP contribution in [0.5, 0.6) is 0 Å². The summed E-state index contributed by atoms with van der Waals surface area (Å²) in [6.45, 7) is 4.48. The van der Waals surface area contributed by atoms with Gasteiger partial charge in [-0.25, -0.2) is 0 Å². The molecule has 0 radical (unpaired) electrons. The number of nitrogens with zero attached hydrogens (tertiary/aromatic N) is 1. The topological polar surface area (TPSA) is 21.6 Å². The van der Waals surface area contributed by atoms with Gasteiger partial charge in [-0.05, 0) is 23.3 Å². The minimum absolute atomic E-state index is 0.148. The first-order chi connectivity index (χ1) is 12.1. The zero-order valence-corrected chi connectivity index (χ0v) is 15.1. The second-order valence-electron chi connectivity index (χ2n) is 6.92. The molecule has 0 aromatic heterocycles. The van der Waals surface area contributed by atoms with Crippen molar-refractivity contribution in [2.75, 3.05) is 7.11 Å². The maximum absolute atomic E-state index is 6.03. The van der Waals surface area contributed by atoms with Crippen molar-refractivity contribution in [1.82, 2.24) is 0 Å². The van der Waals surface area contributed by atoms with Gasteiger partial charge < -0.3 is 4.74 Å². The summed E-state index contributed by atoms with van der Waals surface area (Å²) >= 11 is 0. The number of ether oxygens (including phenoxy) is 1. The maximum atomic E-state index is 6.03. The molecule has 0 saturated carbocycles. The predicted octanol–water partition coefficient (Wildman–Crippen LogP) is 5.31. The minimum atomic E-state index is -0.375. The Bertz CT molecular complexity index is 787. The average molecular weight is 331 g/mol. The van der Waals surface area contributed by atoms with E-state index in [4.69, 9.17) is 4.74 Å².